The van der Waals surface area contributed by atoms with Crippen LogP contribution in [0.1, 0.15) is 6.92 Å². The van der Waals surface area contributed by atoms with E-state index in [4.69, 9.17) is 11.6 Å². The van der Waals surface area contributed by atoms with Gasteiger partial charge in [-0.3, -0.25) is 0 Å². The molecule has 0 radical (unpaired) electrons. The number of alkyl halides is 3. The number of carbonyl (C=O) groups is 1. The minimum atomic E-state index is -3.42. The van der Waals surface area contributed by atoms with E-state index in [1.54, 1.807) is 0 Å². The summed E-state index contributed by atoms with van der Waals surface area (Å²) in [6.07, 6.45) is -3.42. The highest BCUT2D eigenvalue weighted by molar-refractivity contribution is 6.40. The summed E-state index contributed by atoms with van der Waals surface area (Å²) in [6.45, 7) is 3.30. The second-order valence-electron chi connectivity index (χ2n) is 2.08. The molecule has 0 aromatic carbocycles. The van der Waals surface area contributed by atoms with Crippen molar-refractivity contribution in [3.8, 4) is 0 Å². The third-order valence-corrected chi connectivity index (χ3v) is 1.06. The van der Waals surface area contributed by atoms with E-state index in [1.807, 2.05) is 0 Å². The topological polar surface area (TPSA) is 26.3 Å². The minimum absolute atomic E-state index is 0.426. The van der Waals surface area contributed by atoms with Gasteiger partial charge < -0.3 is 4.74 Å². The standard InChI is InChI=1S/C6H6ClF3O2/c1-3(7)4(11)12-6(2,10)5(8)9/h5H,1H2,2H3. The zero-order valence-corrected chi connectivity index (χ0v) is 6.87. The third-order valence-electron chi connectivity index (χ3n) is 0.904. The van der Waals surface area contributed by atoms with E-state index >= 15 is 0 Å². The number of carbonyl (C=O) groups excluding carboxylic acids is 1. The predicted octanol–water partition coefficient (Wildman–Crippen LogP) is 2.23. The SMILES string of the molecule is C=C(Cl)C(=O)OC(C)(F)C(F)F. The summed E-state index contributed by atoms with van der Waals surface area (Å²) in [4.78, 5) is 10.4. The Morgan fingerprint density at radius 1 is 1.67 bits per heavy atom. The van der Waals surface area contributed by atoms with Gasteiger partial charge in [0.2, 0.25) is 0 Å². The fourth-order valence-corrected chi connectivity index (χ4v) is 0.320. The largest absolute Gasteiger partial charge is 0.418 e. The average Bonchev–Trinajstić information content (AvgIpc) is 1.85. The number of esters is 1. The Morgan fingerprint density at radius 2 is 2.08 bits per heavy atom. The Balaban J connectivity index is 4.25. The van der Waals surface area contributed by atoms with Crippen LogP contribution in [0.4, 0.5) is 13.2 Å². The van der Waals surface area contributed by atoms with Crippen LogP contribution < -0.4 is 0 Å². The highest BCUT2D eigenvalue weighted by Gasteiger charge is 2.39. The molecule has 2 nitrogen and oxygen atoms in total. The van der Waals surface area contributed by atoms with Crippen LogP contribution in [-0.2, 0) is 9.53 Å². The van der Waals surface area contributed by atoms with E-state index < -0.39 is 23.3 Å². The molecule has 12 heavy (non-hydrogen) atoms. The molecular formula is C6H6ClF3O2. The summed E-state index contributed by atoms with van der Waals surface area (Å²) < 4.78 is 39.6. The number of hydrogen-bond acceptors (Lipinski definition) is 2. The van der Waals surface area contributed by atoms with Gasteiger partial charge in [0.15, 0.2) is 0 Å². The highest BCUT2D eigenvalue weighted by Crippen LogP contribution is 2.23. The molecule has 0 aliphatic rings. The predicted molar refractivity (Wildman–Crippen MR) is 36.6 cm³/mol. The normalized spacial score (nSPS) is 15.5. The maximum atomic E-state index is 12.5. The van der Waals surface area contributed by atoms with Crippen molar-refractivity contribution in [1.82, 2.24) is 0 Å². The Morgan fingerprint density at radius 3 is 2.33 bits per heavy atom. The van der Waals surface area contributed by atoms with Gasteiger partial charge in [-0.05, 0) is 0 Å². The summed E-state index contributed by atoms with van der Waals surface area (Å²) in [7, 11) is 0. The Kier molecular flexibility index (Phi) is 3.57. The third kappa shape index (κ3) is 3.13. The van der Waals surface area contributed by atoms with Gasteiger partial charge in [-0.15, -0.1) is 0 Å². The molecule has 0 spiro atoms. The Hall–Kier alpha value is -0.710. The summed E-state index contributed by atoms with van der Waals surface area (Å²) in [5.41, 5.74) is 0. The molecule has 0 aliphatic carbocycles. The molecule has 0 N–H and O–H groups in total. The minimum Gasteiger partial charge on any atom is -0.418 e. The van der Waals surface area contributed by atoms with Gasteiger partial charge in [-0.25, -0.2) is 13.6 Å². The fraction of sp³-hybridized carbons (Fsp3) is 0.500. The first-order chi connectivity index (χ1) is 5.27. The summed E-state index contributed by atoms with van der Waals surface area (Å²) in [5, 5.41) is -0.653. The second-order valence-corrected chi connectivity index (χ2v) is 2.54. The van der Waals surface area contributed by atoms with Gasteiger partial charge >= 0.3 is 18.2 Å². The van der Waals surface area contributed by atoms with Gasteiger partial charge in [0.05, 0.1) is 0 Å². The lowest BCUT2D eigenvalue weighted by Crippen LogP contribution is -2.34. The van der Waals surface area contributed by atoms with Crippen LogP contribution in [0.15, 0.2) is 11.6 Å². The highest BCUT2D eigenvalue weighted by atomic mass is 35.5. The molecule has 0 aliphatic heterocycles. The van der Waals surface area contributed by atoms with E-state index in [1.165, 1.54) is 0 Å². The smallest absolute Gasteiger partial charge is 0.352 e. The van der Waals surface area contributed by atoms with E-state index in [2.05, 4.69) is 11.3 Å². The zero-order valence-electron chi connectivity index (χ0n) is 6.11. The quantitative estimate of drug-likeness (QED) is 0.518. The van der Waals surface area contributed by atoms with E-state index in [0.29, 0.717) is 6.92 Å². The van der Waals surface area contributed by atoms with Gasteiger partial charge in [0.25, 0.3) is 0 Å². The lowest BCUT2D eigenvalue weighted by Gasteiger charge is -2.18. The molecule has 1 unspecified atom stereocenters. The summed E-state index contributed by atoms with van der Waals surface area (Å²) in [6, 6.07) is 0. The molecule has 0 saturated heterocycles. The van der Waals surface area contributed by atoms with Crippen molar-refractivity contribution in [2.45, 2.75) is 19.2 Å². The van der Waals surface area contributed by atoms with E-state index in [-0.39, 0.29) is 0 Å². The second kappa shape index (κ2) is 3.80. The molecule has 1 atom stereocenters. The molecule has 0 saturated carbocycles. The van der Waals surface area contributed by atoms with Crippen LogP contribution in [0, 0.1) is 0 Å². The molecule has 6 heteroatoms. The molecule has 0 bridgehead atoms. The molecular weight excluding hydrogens is 197 g/mol. The van der Waals surface area contributed by atoms with Gasteiger partial charge in [0.1, 0.15) is 5.03 Å². The van der Waals surface area contributed by atoms with Gasteiger partial charge in [0, 0.05) is 6.92 Å². The summed E-state index contributed by atoms with van der Waals surface area (Å²) in [5.74, 6) is -4.73. The van der Waals surface area contributed by atoms with Crippen molar-refractivity contribution in [1.29, 1.82) is 0 Å². The van der Waals surface area contributed by atoms with Crippen LogP contribution in [0.5, 0.6) is 0 Å². The monoisotopic (exact) mass is 202 g/mol. The lowest BCUT2D eigenvalue weighted by atomic mass is 10.4. The van der Waals surface area contributed by atoms with E-state index in [0.717, 1.165) is 0 Å². The molecule has 0 aromatic heterocycles. The van der Waals surface area contributed by atoms with Gasteiger partial charge in [-0.1, -0.05) is 18.2 Å². The van der Waals surface area contributed by atoms with Crippen LogP contribution >= 0.6 is 11.6 Å². The van der Waals surface area contributed by atoms with Crippen LogP contribution in [-0.4, -0.2) is 18.2 Å². The first-order valence-corrected chi connectivity index (χ1v) is 3.20. The van der Waals surface area contributed by atoms with Crippen molar-refractivity contribution in [3.63, 3.8) is 0 Å². The average molecular weight is 203 g/mol. The number of rotatable bonds is 3. The van der Waals surface area contributed by atoms with Crippen molar-refractivity contribution >= 4 is 17.6 Å². The summed E-state index contributed by atoms with van der Waals surface area (Å²) >= 11 is 4.96. The van der Waals surface area contributed by atoms with Crippen molar-refractivity contribution in [3.05, 3.63) is 11.6 Å². The number of hydrogen-bond donors (Lipinski definition) is 0. The fourth-order valence-electron chi connectivity index (χ4n) is 0.281. The van der Waals surface area contributed by atoms with Crippen molar-refractivity contribution in [2.75, 3.05) is 0 Å². The molecule has 0 fully saturated rings. The van der Waals surface area contributed by atoms with Crippen LogP contribution in [0.25, 0.3) is 0 Å². The molecule has 0 amide bonds. The van der Waals surface area contributed by atoms with E-state index in [9.17, 15) is 18.0 Å². The van der Waals surface area contributed by atoms with Crippen molar-refractivity contribution < 1.29 is 22.7 Å². The number of halogens is 4. The molecule has 0 heterocycles. The van der Waals surface area contributed by atoms with Gasteiger partial charge in [-0.2, -0.15) is 4.39 Å². The number of ether oxygens (including phenoxy) is 1. The lowest BCUT2D eigenvalue weighted by molar-refractivity contribution is -0.208. The molecule has 0 aromatic rings. The van der Waals surface area contributed by atoms with Crippen LogP contribution in [0.3, 0.4) is 0 Å². The Bertz CT molecular complexity index is 203. The maximum Gasteiger partial charge on any atom is 0.352 e. The molecule has 0 rings (SSSR count). The first kappa shape index (κ1) is 11.3. The molecule has 70 valence electrons. The Labute approximate surface area is 71.9 Å². The van der Waals surface area contributed by atoms with Crippen molar-refractivity contribution in [2.24, 2.45) is 0 Å². The zero-order chi connectivity index (χ0) is 9.94. The maximum absolute atomic E-state index is 12.5. The van der Waals surface area contributed by atoms with Crippen LogP contribution in [0.2, 0.25) is 0 Å². The first-order valence-electron chi connectivity index (χ1n) is 2.82.